The second-order valence-electron chi connectivity index (χ2n) is 7.89. The van der Waals surface area contributed by atoms with Gasteiger partial charge in [-0.15, -0.1) is 13.2 Å². The molecule has 2 N–H and O–H groups in total. The van der Waals surface area contributed by atoms with E-state index < -0.39 is 28.4 Å². The zero-order valence-electron chi connectivity index (χ0n) is 19.8. The van der Waals surface area contributed by atoms with Gasteiger partial charge in [-0.25, -0.2) is 17.2 Å². The molecule has 0 aliphatic rings. The summed E-state index contributed by atoms with van der Waals surface area (Å²) in [5.41, 5.74) is 1.18. The minimum Gasteiger partial charge on any atom is -0.479 e. The number of pyridine rings is 2. The highest BCUT2D eigenvalue weighted by Crippen LogP contribution is 2.33. The van der Waals surface area contributed by atoms with Crippen LogP contribution in [0.15, 0.2) is 66.0 Å². The van der Waals surface area contributed by atoms with Gasteiger partial charge in [0.15, 0.2) is 0 Å². The molecule has 4 aromatic rings. The summed E-state index contributed by atoms with van der Waals surface area (Å²) in [5, 5.41) is 12.7. The minimum atomic E-state index is -4.93. The number of aromatic nitrogens is 3. The van der Waals surface area contributed by atoms with Gasteiger partial charge in [-0.3, -0.25) is 4.98 Å². The number of rotatable bonds is 8. The Hall–Kier alpha value is -4.53. The van der Waals surface area contributed by atoms with Gasteiger partial charge in [0.2, 0.25) is 11.8 Å². The Morgan fingerprint density at radius 3 is 2.61 bits per heavy atom. The fourth-order valence-corrected chi connectivity index (χ4v) is 4.96. The van der Waals surface area contributed by atoms with Crippen molar-refractivity contribution in [3.8, 4) is 11.8 Å². The topological polar surface area (TPSA) is 136 Å². The Balaban J connectivity index is 1.79. The molecular weight excluding hydrogens is 531 g/mol. The van der Waals surface area contributed by atoms with Crippen LogP contribution in [0.25, 0.3) is 10.9 Å². The van der Waals surface area contributed by atoms with Crippen LogP contribution >= 0.6 is 0 Å². The summed E-state index contributed by atoms with van der Waals surface area (Å²) >= 11 is 0. The van der Waals surface area contributed by atoms with E-state index in [1.54, 1.807) is 12.1 Å². The fraction of sp³-hybridized carbons (Fsp3) is 0.174. The maximum absolute atomic E-state index is 13.4. The Morgan fingerprint density at radius 1 is 1.21 bits per heavy atom. The summed E-state index contributed by atoms with van der Waals surface area (Å²) in [6.07, 6.45) is -2.18. The molecule has 0 bridgehead atoms. The summed E-state index contributed by atoms with van der Waals surface area (Å²) in [6.45, 7) is -0.0907. The summed E-state index contributed by atoms with van der Waals surface area (Å²) in [7, 11) is -1.56. The number of carboxylic acid groups (broad SMARTS) is 1. The molecule has 0 atom stereocenters. The first kappa shape index (κ1) is 26.5. The van der Waals surface area contributed by atoms with Gasteiger partial charge in [-0.2, -0.15) is 4.98 Å². The van der Waals surface area contributed by atoms with Gasteiger partial charge in [-0.1, -0.05) is 6.07 Å². The molecule has 0 fully saturated rings. The molecule has 3 heterocycles. The molecule has 1 aromatic carbocycles. The van der Waals surface area contributed by atoms with Gasteiger partial charge in [0.1, 0.15) is 10.6 Å². The molecule has 0 spiro atoms. The molecule has 3 aromatic heterocycles. The maximum Gasteiger partial charge on any atom is 0.574 e. The number of fused-ring (bicyclic) bond motifs is 1. The Morgan fingerprint density at radius 2 is 1.97 bits per heavy atom. The van der Waals surface area contributed by atoms with E-state index in [4.69, 9.17) is 4.74 Å². The molecule has 0 saturated heterocycles. The first-order valence-electron chi connectivity index (χ1n) is 10.7. The van der Waals surface area contributed by atoms with Gasteiger partial charge in [0.25, 0.3) is 10.0 Å². The number of benzene rings is 1. The number of nitrogens with one attached hydrogen (secondary N) is 1. The Kier molecular flexibility index (Phi) is 7.04. The molecule has 200 valence electrons. The van der Waals surface area contributed by atoms with Gasteiger partial charge < -0.3 is 24.8 Å². The van der Waals surface area contributed by atoms with Crippen molar-refractivity contribution in [1.29, 1.82) is 0 Å². The van der Waals surface area contributed by atoms with Crippen LogP contribution in [0.1, 0.15) is 5.56 Å². The molecule has 0 saturated carbocycles. The van der Waals surface area contributed by atoms with Crippen molar-refractivity contribution in [2.45, 2.75) is 17.8 Å². The van der Waals surface area contributed by atoms with E-state index in [-0.39, 0.29) is 28.5 Å². The molecule has 4 rings (SSSR count). The lowest BCUT2D eigenvalue weighted by atomic mass is 10.1. The average Bonchev–Trinajstić information content (AvgIpc) is 3.22. The number of methoxy groups -OCH3 is 1. The summed E-state index contributed by atoms with van der Waals surface area (Å²) in [5.74, 6) is -0.923. The standard InChI is InChI=1S/C23H20F3N5O6S/c1-30(22(32)33)12-14-13-31(38(34,35)16-4-3-9-27-11-16)19-10-15(5-6-17(14)19)28-18-7-8-20(29-21(18)36-2)37-23(24,25)26/h3-11,13,28H,12H2,1-2H3,(H,32,33). The van der Waals surface area contributed by atoms with Crippen molar-refractivity contribution in [2.24, 2.45) is 0 Å². The van der Waals surface area contributed by atoms with Crippen LogP contribution in [-0.2, 0) is 16.6 Å². The third-order valence-electron chi connectivity index (χ3n) is 5.31. The average molecular weight is 552 g/mol. The van der Waals surface area contributed by atoms with Gasteiger partial charge in [0, 0.05) is 42.8 Å². The third-order valence-corrected chi connectivity index (χ3v) is 6.96. The van der Waals surface area contributed by atoms with Crippen LogP contribution in [-0.4, -0.2) is 59.0 Å². The van der Waals surface area contributed by atoms with Crippen LogP contribution in [0.2, 0.25) is 0 Å². The van der Waals surface area contributed by atoms with E-state index in [0.717, 1.165) is 14.9 Å². The summed E-state index contributed by atoms with van der Waals surface area (Å²) < 4.78 is 74.4. The molecular formula is C23H20F3N5O6S. The number of carbonyl (C=O) groups is 1. The first-order valence-corrected chi connectivity index (χ1v) is 12.1. The SMILES string of the molecule is COc1nc(OC(F)(F)F)ccc1Nc1ccc2c(CN(C)C(=O)O)cn(S(=O)(=O)c3cccnc3)c2c1. The highest BCUT2D eigenvalue weighted by atomic mass is 32.2. The van der Waals surface area contributed by atoms with Crippen molar-refractivity contribution in [1.82, 2.24) is 18.8 Å². The Labute approximate surface area is 214 Å². The largest absolute Gasteiger partial charge is 0.574 e. The Bertz CT molecular complexity index is 1590. The molecule has 0 aliphatic heterocycles. The summed E-state index contributed by atoms with van der Waals surface area (Å²) in [6, 6.07) is 9.78. The lowest BCUT2D eigenvalue weighted by molar-refractivity contribution is -0.276. The number of halogens is 3. The number of hydrogen-bond acceptors (Lipinski definition) is 8. The highest BCUT2D eigenvalue weighted by molar-refractivity contribution is 7.90. The van der Waals surface area contributed by atoms with Crippen molar-refractivity contribution < 1.29 is 41.0 Å². The number of anilines is 2. The van der Waals surface area contributed by atoms with Crippen molar-refractivity contribution >= 4 is 38.4 Å². The van der Waals surface area contributed by atoms with Crippen LogP contribution in [0.5, 0.6) is 11.8 Å². The number of amides is 1. The molecule has 11 nitrogen and oxygen atoms in total. The quantitative estimate of drug-likeness (QED) is 0.326. The predicted octanol–water partition coefficient (Wildman–Crippen LogP) is 4.43. The maximum atomic E-state index is 13.4. The number of ether oxygens (including phenoxy) is 2. The highest BCUT2D eigenvalue weighted by Gasteiger charge is 2.32. The second-order valence-corrected chi connectivity index (χ2v) is 9.71. The zero-order chi connectivity index (χ0) is 27.7. The van der Waals surface area contributed by atoms with E-state index in [2.05, 4.69) is 20.0 Å². The fourth-order valence-electron chi connectivity index (χ4n) is 3.61. The van der Waals surface area contributed by atoms with Crippen molar-refractivity contribution in [3.63, 3.8) is 0 Å². The van der Waals surface area contributed by atoms with Crippen LogP contribution in [0, 0.1) is 0 Å². The van der Waals surface area contributed by atoms with E-state index in [9.17, 15) is 31.5 Å². The van der Waals surface area contributed by atoms with Crippen LogP contribution in [0.4, 0.5) is 29.3 Å². The number of alkyl halides is 3. The first-order chi connectivity index (χ1) is 17.9. The molecule has 38 heavy (non-hydrogen) atoms. The van der Waals surface area contributed by atoms with Crippen LogP contribution in [0.3, 0.4) is 0 Å². The van der Waals surface area contributed by atoms with Gasteiger partial charge in [-0.05, 0) is 35.9 Å². The lowest BCUT2D eigenvalue weighted by Crippen LogP contribution is -2.23. The van der Waals surface area contributed by atoms with Gasteiger partial charge in [0.05, 0.1) is 19.2 Å². The normalized spacial score (nSPS) is 11.8. The second kappa shape index (κ2) is 10.1. The van der Waals surface area contributed by atoms with E-state index in [1.165, 1.54) is 57.0 Å². The summed E-state index contributed by atoms with van der Waals surface area (Å²) in [4.78, 5) is 19.8. The van der Waals surface area contributed by atoms with E-state index >= 15 is 0 Å². The molecule has 0 radical (unpaired) electrons. The monoisotopic (exact) mass is 551 g/mol. The smallest absolute Gasteiger partial charge is 0.479 e. The minimum absolute atomic E-state index is 0.0838. The molecule has 15 heteroatoms. The number of hydrogen-bond donors (Lipinski definition) is 2. The third kappa shape index (κ3) is 5.56. The van der Waals surface area contributed by atoms with E-state index in [1.807, 2.05) is 0 Å². The van der Waals surface area contributed by atoms with Crippen molar-refractivity contribution in [2.75, 3.05) is 19.5 Å². The molecule has 0 unspecified atom stereocenters. The molecule has 0 aliphatic carbocycles. The van der Waals surface area contributed by atoms with Gasteiger partial charge >= 0.3 is 12.5 Å². The number of nitrogens with zero attached hydrogens (tertiary/aromatic N) is 4. The lowest BCUT2D eigenvalue weighted by Gasteiger charge is -2.14. The zero-order valence-corrected chi connectivity index (χ0v) is 20.6. The van der Waals surface area contributed by atoms with E-state index in [0.29, 0.717) is 16.6 Å². The predicted molar refractivity (Wildman–Crippen MR) is 129 cm³/mol. The van der Waals surface area contributed by atoms with Crippen LogP contribution < -0.4 is 14.8 Å². The van der Waals surface area contributed by atoms with Crippen molar-refractivity contribution in [3.05, 3.63) is 66.6 Å². The molecule has 1 amide bonds.